The molecule has 0 N–H and O–H groups in total. The normalized spacial score (nSPS) is 11.9. The van der Waals surface area contributed by atoms with Crippen LogP contribution in [0.2, 0.25) is 5.02 Å². The molecule has 1 rings (SSSR count). The van der Waals surface area contributed by atoms with Crippen molar-refractivity contribution in [3.8, 4) is 11.8 Å². The molecule has 1 aromatic carbocycles. The van der Waals surface area contributed by atoms with Gasteiger partial charge in [-0.15, -0.1) is 0 Å². The summed E-state index contributed by atoms with van der Waals surface area (Å²) in [6.07, 6.45) is 0.307. The second kappa shape index (κ2) is 4.88. The molecule has 0 spiro atoms. The first kappa shape index (κ1) is 10.9. The summed E-state index contributed by atoms with van der Waals surface area (Å²) in [6.45, 7) is 3.80. The number of aryl methyl sites for hydroxylation is 1. The fraction of sp³-hybridized carbons (Fsp3) is 0.364. The predicted molar refractivity (Wildman–Crippen MR) is 56.5 cm³/mol. The van der Waals surface area contributed by atoms with Crippen molar-refractivity contribution < 1.29 is 4.74 Å². The van der Waals surface area contributed by atoms with Crippen LogP contribution in [0.25, 0.3) is 0 Å². The van der Waals surface area contributed by atoms with E-state index in [0.717, 1.165) is 11.3 Å². The topological polar surface area (TPSA) is 33.0 Å². The van der Waals surface area contributed by atoms with E-state index >= 15 is 0 Å². The zero-order valence-corrected chi connectivity index (χ0v) is 9.01. The van der Waals surface area contributed by atoms with Crippen molar-refractivity contribution in [3.05, 3.63) is 28.8 Å². The zero-order chi connectivity index (χ0) is 10.6. The van der Waals surface area contributed by atoms with Crippen LogP contribution in [0.1, 0.15) is 18.9 Å². The van der Waals surface area contributed by atoms with Crippen LogP contribution in [-0.4, -0.2) is 6.10 Å². The first-order valence-corrected chi connectivity index (χ1v) is 4.81. The third-order valence-corrected chi connectivity index (χ3v) is 2.08. The van der Waals surface area contributed by atoms with Crippen LogP contribution in [0.4, 0.5) is 0 Å². The van der Waals surface area contributed by atoms with Crippen molar-refractivity contribution in [1.29, 1.82) is 5.26 Å². The molecule has 0 aromatic heterocycles. The van der Waals surface area contributed by atoms with Gasteiger partial charge in [-0.2, -0.15) is 5.26 Å². The van der Waals surface area contributed by atoms with Gasteiger partial charge in [0.25, 0.3) is 0 Å². The minimum Gasteiger partial charge on any atom is -0.489 e. The molecule has 0 fully saturated rings. The Hall–Kier alpha value is -1.20. The summed E-state index contributed by atoms with van der Waals surface area (Å²) in [5, 5.41) is 9.17. The van der Waals surface area contributed by atoms with Crippen molar-refractivity contribution in [2.24, 2.45) is 0 Å². The van der Waals surface area contributed by atoms with E-state index in [0.29, 0.717) is 11.4 Å². The maximum absolute atomic E-state index is 8.48. The average molecular weight is 210 g/mol. The molecule has 14 heavy (non-hydrogen) atoms. The van der Waals surface area contributed by atoms with Crippen LogP contribution in [0.5, 0.6) is 5.75 Å². The summed E-state index contributed by atoms with van der Waals surface area (Å²) in [6, 6.07) is 7.52. The maximum Gasteiger partial charge on any atom is 0.122 e. The zero-order valence-electron chi connectivity index (χ0n) is 8.25. The lowest BCUT2D eigenvalue weighted by atomic mass is 10.2. The number of nitrogens with zero attached hydrogens (tertiary/aromatic N) is 1. The fourth-order valence-corrected chi connectivity index (χ4v) is 1.36. The monoisotopic (exact) mass is 209 g/mol. The second-order valence-electron chi connectivity index (χ2n) is 3.20. The molecule has 0 heterocycles. The summed E-state index contributed by atoms with van der Waals surface area (Å²) in [5.41, 5.74) is 0.988. The number of halogens is 1. The highest BCUT2D eigenvalue weighted by atomic mass is 35.5. The lowest BCUT2D eigenvalue weighted by Crippen LogP contribution is -2.11. The van der Waals surface area contributed by atoms with E-state index < -0.39 is 0 Å². The average Bonchev–Trinajstić information content (AvgIpc) is 2.10. The third-order valence-electron chi connectivity index (χ3n) is 1.84. The molecule has 2 nitrogen and oxygen atoms in total. The van der Waals surface area contributed by atoms with Crippen molar-refractivity contribution in [1.82, 2.24) is 0 Å². The number of benzene rings is 1. The van der Waals surface area contributed by atoms with Crippen molar-refractivity contribution in [2.75, 3.05) is 0 Å². The Morgan fingerprint density at radius 2 is 2.29 bits per heavy atom. The first-order valence-electron chi connectivity index (χ1n) is 4.43. The molecule has 0 radical (unpaired) electrons. The Morgan fingerprint density at radius 1 is 1.57 bits per heavy atom. The van der Waals surface area contributed by atoms with Gasteiger partial charge in [-0.3, -0.25) is 0 Å². The number of nitriles is 1. The van der Waals surface area contributed by atoms with Crippen LogP contribution < -0.4 is 4.74 Å². The van der Waals surface area contributed by atoms with Crippen LogP contribution in [0.3, 0.4) is 0 Å². The molecule has 1 unspecified atom stereocenters. The lowest BCUT2D eigenvalue weighted by Gasteiger charge is -2.13. The highest BCUT2D eigenvalue weighted by Crippen LogP contribution is 2.23. The minimum atomic E-state index is -0.0834. The first-order chi connectivity index (χ1) is 6.63. The van der Waals surface area contributed by atoms with Crippen LogP contribution >= 0.6 is 11.6 Å². The molecule has 0 aliphatic heterocycles. The molecular weight excluding hydrogens is 198 g/mol. The van der Waals surface area contributed by atoms with E-state index in [9.17, 15) is 0 Å². The van der Waals surface area contributed by atoms with Gasteiger partial charge in [0.15, 0.2) is 0 Å². The molecule has 0 aliphatic carbocycles. The summed E-state index contributed by atoms with van der Waals surface area (Å²) < 4.78 is 5.56. The highest BCUT2D eigenvalue weighted by Gasteiger charge is 2.05. The molecule has 0 aliphatic rings. The maximum atomic E-state index is 8.48. The van der Waals surface area contributed by atoms with E-state index in [2.05, 4.69) is 6.07 Å². The molecule has 1 atom stereocenters. The van der Waals surface area contributed by atoms with E-state index in [1.54, 1.807) is 6.07 Å². The van der Waals surface area contributed by atoms with E-state index in [4.69, 9.17) is 21.6 Å². The largest absolute Gasteiger partial charge is 0.489 e. The SMILES string of the molecule is Cc1cc(Cl)ccc1OC(C)CC#N. The summed E-state index contributed by atoms with van der Waals surface area (Å²) in [4.78, 5) is 0. The minimum absolute atomic E-state index is 0.0834. The van der Waals surface area contributed by atoms with Gasteiger partial charge in [-0.25, -0.2) is 0 Å². The lowest BCUT2D eigenvalue weighted by molar-refractivity contribution is 0.225. The molecule has 1 aromatic rings. The molecule has 3 heteroatoms. The van der Waals surface area contributed by atoms with Crippen molar-refractivity contribution >= 4 is 11.6 Å². The highest BCUT2D eigenvalue weighted by molar-refractivity contribution is 6.30. The van der Waals surface area contributed by atoms with Gasteiger partial charge in [0.05, 0.1) is 12.5 Å². The van der Waals surface area contributed by atoms with Gasteiger partial charge in [-0.05, 0) is 37.6 Å². The molecule has 0 amide bonds. The number of ether oxygens (including phenoxy) is 1. The number of hydrogen-bond acceptors (Lipinski definition) is 2. The summed E-state index contributed by atoms with van der Waals surface area (Å²) in [5.74, 6) is 0.789. The van der Waals surface area contributed by atoms with Gasteiger partial charge in [0, 0.05) is 5.02 Å². The van der Waals surface area contributed by atoms with E-state index in [1.807, 2.05) is 26.0 Å². The van der Waals surface area contributed by atoms with Crippen molar-refractivity contribution in [2.45, 2.75) is 26.4 Å². The summed E-state index contributed by atoms with van der Waals surface area (Å²) >= 11 is 5.81. The Kier molecular flexibility index (Phi) is 3.79. The van der Waals surface area contributed by atoms with Crippen LogP contribution in [-0.2, 0) is 0 Å². The second-order valence-corrected chi connectivity index (χ2v) is 3.64. The molecule has 0 saturated carbocycles. The van der Waals surface area contributed by atoms with Gasteiger partial charge in [0.2, 0.25) is 0 Å². The standard InChI is InChI=1S/C11H12ClNO/c1-8-7-10(12)3-4-11(8)14-9(2)5-6-13/h3-4,7,9H,5H2,1-2H3. The Balaban J connectivity index is 2.73. The molecule has 0 bridgehead atoms. The van der Waals surface area contributed by atoms with Gasteiger partial charge < -0.3 is 4.74 Å². The number of hydrogen-bond donors (Lipinski definition) is 0. The van der Waals surface area contributed by atoms with E-state index in [-0.39, 0.29) is 6.10 Å². The smallest absolute Gasteiger partial charge is 0.122 e. The van der Waals surface area contributed by atoms with Gasteiger partial charge in [0.1, 0.15) is 11.9 Å². The Morgan fingerprint density at radius 3 is 2.86 bits per heavy atom. The molecular formula is C11H12ClNO. The third kappa shape index (κ3) is 2.93. The molecule has 74 valence electrons. The van der Waals surface area contributed by atoms with Crippen LogP contribution in [0.15, 0.2) is 18.2 Å². The quantitative estimate of drug-likeness (QED) is 0.765. The Labute approximate surface area is 89.1 Å². The Bertz CT molecular complexity index is 357. The van der Waals surface area contributed by atoms with E-state index in [1.165, 1.54) is 0 Å². The molecule has 0 saturated heterocycles. The predicted octanol–water partition coefficient (Wildman–Crippen LogP) is 3.33. The van der Waals surface area contributed by atoms with Crippen LogP contribution in [0, 0.1) is 18.3 Å². The number of rotatable bonds is 3. The van der Waals surface area contributed by atoms with Crippen molar-refractivity contribution in [3.63, 3.8) is 0 Å². The van der Waals surface area contributed by atoms with Gasteiger partial charge in [-0.1, -0.05) is 11.6 Å². The summed E-state index contributed by atoms with van der Waals surface area (Å²) in [7, 11) is 0. The fourth-order valence-electron chi connectivity index (χ4n) is 1.13. The van der Waals surface area contributed by atoms with Gasteiger partial charge >= 0.3 is 0 Å².